The molecule has 0 heterocycles. The second-order valence-corrected chi connectivity index (χ2v) is 13.6. The summed E-state index contributed by atoms with van der Waals surface area (Å²) in [6.45, 7) is 3.77. The number of anilines is 2. The first-order chi connectivity index (χ1) is 27.6. The van der Waals surface area contributed by atoms with Gasteiger partial charge in [-0.05, 0) is 66.0 Å². The lowest BCUT2D eigenvalue weighted by Gasteiger charge is -2.14. The summed E-state index contributed by atoms with van der Waals surface area (Å²) in [7, 11) is 0. The summed E-state index contributed by atoms with van der Waals surface area (Å²) >= 11 is 0. The van der Waals surface area contributed by atoms with Crippen LogP contribution in [0, 0.1) is 0 Å². The van der Waals surface area contributed by atoms with Crippen molar-refractivity contribution in [3.63, 3.8) is 0 Å². The van der Waals surface area contributed by atoms with Gasteiger partial charge in [0.2, 0.25) is 11.8 Å². The number of rotatable bonds is 21. The van der Waals surface area contributed by atoms with Crippen LogP contribution in [0.5, 0.6) is 0 Å². The predicted molar refractivity (Wildman–Crippen MR) is 222 cm³/mol. The fourth-order valence-electron chi connectivity index (χ4n) is 7.39. The molecular weight excluding hydrogens is 709 g/mol. The van der Waals surface area contributed by atoms with Gasteiger partial charge in [-0.15, -0.1) is 0 Å². The van der Waals surface area contributed by atoms with Crippen LogP contribution in [0.3, 0.4) is 0 Å². The minimum absolute atomic E-state index is 0.0582. The molecule has 286 valence electrons. The molecule has 10 nitrogen and oxygen atoms in total. The van der Waals surface area contributed by atoms with Crippen molar-refractivity contribution in [2.45, 2.75) is 0 Å². The third-order valence-electron chi connectivity index (χ3n) is 9.93. The Balaban J connectivity index is 0.619. The molecular formula is C46H44N2O8. The molecule has 8 rings (SSSR count). The van der Waals surface area contributed by atoms with Crippen LogP contribution in [-0.4, -0.2) is 91.1 Å². The SMILES string of the molecule is O=C(COCCOCCOCCOCCOCCOCC(=O)Nc1ccc2ccc3cccc4ccc1c2c34)Nc1ccc2ccc3cccc4ccc1c2c34. The van der Waals surface area contributed by atoms with E-state index >= 15 is 0 Å². The molecule has 0 aliphatic heterocycles. The summed E-state index contributed by atoms with van der Waals surface area (Å²) in [6.07, 6.45) is 0. The average molecular weight is 753 g/mol. The normalized spacial score (nSPS) is 11.9. The second kappa shape index (κ2) is 18.0. The van der Waals surface area contributed by atoms with Crippen molar-refractivity contribution < 1.29 is 38.0 Å². The first-order valence-corrected chi connectivity index (χ1v) is 19.0. The Hall–Kier alpha value is -5.46. The van der Waals surface area contributed by atoms with E-state index in [1.54, 1.807) is 0 Å². The number of carbonyl (C=O) groups is 2. The van der Waals surface area contributed by atoms with Crippen LogP contribution in [-0.2, 0) is 38.0 Å². The van der Waals surface area contributed by atoms with Gasteiger partial charge in [-0.3, -0.25) is 9.59 Å². The first-order valence-electron chi connectivity index (χ1n) is 19.0. The summed E-state index contributed by atoms with van der Waals surface area (Å²) in [4.78, 5) is 25.3. The molecule has 0 atom stereocenters. The first kappa shape index (κ1) is 37.5. The smallest absolute Gasteiger partial charge is 0.250 e. The van der Waals surface area contributed by atoms with E-state index in [-0.39, 0.29) is 25.0 Å². The van der Waals surface area contributed by atoms with Crippen molar-refractivity contribution in [2.75, 3.05) is 89.9 Å². The third-order valence-corrected chi connectivity index (χ3v) is 9.93. The largest absolute Gasteiger partial charge is 0.377 e. The molecule has 0 fully saturated rings. The van der Waals surface area contributed by atoms with E-state index in [0.29, 0.717) is 66.1 Å². The molecule has 0 aromatic heterocycles. The van der Waals surface area contributed by atoms with Crippen LogP contribution in [0.25, 0.3) is 64.6 Å². The number of carbonyl (C=O) groups excluding carboxylic acids is 2. The van der Waals surface area contributed by atoms with Gasteiger partial charge in [0.15, 0.2) is 0 Å². The van der Waals surface area contributed by atoms with Gasteiger partial charge in [0.05, 0.1) is 66.1 Å². The van der Waals surface area contributed by atoms with Gasteiger partial charge in [0, 0.05) is 22.1 Å². The maximum absolute atomic E-state index is 12.6. The number of benzene rings is 8. The highest BCUT2D eigenvalue weighted by molar-refractivity contribution is 6.27. The Bertz CT molecular complexity index is 2360. The quantitative estimate of drug-likeness (QED) is 0.0559. The number of hydrogen-bond acceptors (Lipinski definition) is 8. The Morgan fingerprint density at radius 1 is 0.339 bits per heavy atom. The van der Waals surface area contributed by atoms with Crippen molar-refractivity contribution in [3.8, 4) is 0 Å². The summed E-state index contributed by atoms with van der Waals surface area (Å²) in [5.41, 5.74) is 1.55. The van der Waals surface area contributed by atoms with E-state index in [1.165, 1.54) is 32.3 Å². The molecule has 0 aliphatic carbocycles. The molecule has 0 spiro atoms. The minimum Gasteiger partial charge on any atom is -0.377 e. The Labute approximate surface area is 324 Å². The summed E-state index contributed by atoms with van der Waals surface area (Å²) in [5, 5.41) is 19.8. The standard InChI is InChI=1S/C46H44N2O8/c49-41(47-39-17-13-35-9-7-31-3-1-5-33-11-15-37(39)45(35)43(31)33)29-55-27-25-53-23-21-51-19-20-52-22-24-54-26-28-56-30-42(50)48-40-18-14-36-10-8-32-4-2-6-34-12-16-38(40)46(36)44(32)34/h1-18H,19-30H2,(H,47,49)(H,48,50). The van der Waals surface area contributed by atoms with Crippen molar-refractivity contribution in [1.29, 1.82) is 0 Å². The Kier molecular flexibility index (Phi) is 12.0. The van der Waals surface area contributed by atoms with Crippen LogP contribution in [0.15, 0.2) is 109 Å². The molecule has 0 radical (unpaired) electrons. The van der Waals surface area contributed by atoms with E-state index in [0.717, 1.165) is 43.7 Å². The minimum atomic E-state index is -0.209. The predicted octanol–water partition coefficient (Wildman–Crippen LogP) is 8.16. The van der Waals surface area contributed by atoms with Gasteiger partial charge in [-0.2, -0.15) is 0 Å². The van der Waals surface area contributed by atoms with Crippen LogP contribution in [0.1, 0.15) is 0 Å². The zero-order valence-corrected chi connectivity index (χ0v) is 31.1. The van der Waals surface area contributed by atoms with Gasteiger partial charge in [0.1, 0.15) is 13.2 Å². The maximum Gasteiger partial charge on any atom is 0.250 e. The summed E-state index contributed by atoms with van der Waals surface area (Å²) < 4.78 is 33.3. The van der Waals surface area contributed by atoms with Gasteiger partial charge < -0.3 is 39.1 Å². The second-order valence-electron chi connectivity index (χ2n) is 13.6. The van der Waals surface area contributed by atoms with Crippen LogP contribution >= 0.6 is 0 Å². The van der Waals surface area contributed by atoms with E-state index < -0.39 is 0 Å². The third kappa shape index (κ3) is 8.51. The van der Waals surface area contributed by atoms with E-state index in [4.69, 9.17) is 28.4 Å². The maximum atomic E-state index is 12.6. The molecule has 0 saturated heterocycles. The molecule has 8 aromatic carbocycles. The fourth-order valence-corrected chi connectivity index (χ4v) is 7.39. The zero-order valence-electron chi connectivity index (χ0n) is 31.1. The highest BCUT2D eigenvalue weighted by atomic mass is 16.6. The zero-order chi connectivity index (χ0) is 38.1. The van der Waals surface area contributed by atoms with Gasteiger partial charge in [0.25, 0.3) is 0 Å². The number of hydrogen-bond donors (Lipinski definition) is 2. The highest BCUT2D eigenvalue weighted by Crippen LogP contribution is 2.39. The average Bonchev–Trinajstić information content (AvgIpc) is 3.22. The van der Waals surface area contributed by atoms with Crippen LogP contribution in [0.2, 0.25) is 0 Å². The monoisotopic (exact) mass is 752 g/mol. The summed E-state index contributed by atoms with van der Waals surface area (Å²) in [5.74, 6) is -0.419. The molecule has 0 bridgehead atoms. The lowest BCUT2D eigenvalue weighted by molar-refractivity contribution is -0.122. The Morgan fingerprint density at radius 3 is 0.982 bits per heavy atom. The van der Waals surface area contributed by atoms with Crippen molar-refractivity contribution in [1.82, 2.24) is 0 Å². The molecule has 2 N–H and O–H groups in total. The molecule has 0 unspecified atom stereocenters. The lowest BCUT2D eigenvalue weighted by Crippen LogP contribution is -2.20. The molecule has 8 aromatic rings. The van der Waals surface area contributed by atoms with Crippen molar-refractivity contribution in [2.24, 2.45) is 0 Å². The van der Waals surface area contributed by atoms with Crippen LogP contribution < -0.4 is 10.6 Å². The molecule has 56 heavy (non-hydrogen) atoms. The van der Waals surface area contributed by atoms with Gasteiger partial charge in [-0.25, -0.2) is 0 Å². The van der Waals surface area contributed by atoms with E-state index in [9.17, 15) is 9.59 Å². The molecule has 2 amide bonds. The molecule has 10 heteroatoms. The van der Waals surface area contributed by atoms with Gasteiger partial charge in [-0.1, -0.05) is 97.1 Å². The van der Waals surface area contributed by atoms with E-state index in [2.05, 4.69) is 95.6 Å². The number of nitrogens with one attached hydrogen (secondary N) is 2. The van der Waals surface area contributed by atoms with E-state index in [1.807, 2.05) is 24.3 Å². The summed E-state index contributed by atoms with van der Waals surface area (Å²) in [6, 6.07) is 37.4. The fraction of sp³-hybridized carbons (Fsp3) is 0.261. The molecule has 0 aliphatic rings. The highest BCUT2D eigenvalue weighted by Gasteiger charge is 2.14. The van der Waals surface area contributed by atoms with Crippen LogP contribution in [0.4, 0.5) is 11.4 Å². The number of ether oxygens (including phenoxy) is 6. The van der Waals surface area contributed by atoms with Crippen molar-refractivity contribution >= 4 is 87.8 Å². The van der Waals surface area contributed by atoms with Crippen molar-refractivity contribution in [3.05, 3.63) is 109 Å². The van der Waals surface area contributed by atoms with Gasteiger partial charge >= 0.3 is 0 Å². The lowest BCUT2D eigenvalue weighted by atomic mass is 9.93. The Morgan fingerprint density at radius 2 is 0.625 bits per heavy atom. The topological polar surface area (TPSA) is 114 Å². The number of amides is 2. The molecule has 0 saturated carbocycles.